The molecule has 21 heavy (non-hydrogen) atoms. The summed E-state index contributed by atoms with van der Waals surface area (Å²) in [5.41, 5.74) is 0.863. The third-order valence-electron chi connectivity index (χ3n) is 3.29. The Hall–Kier alpha value is -2.39. The average Bonchev–Trinajstić information content (AvgIpc) is 2.53. The molecule has 0 saturated carbocycles. The summed E-state index contributed by atoms with van der Waals surface area (Å²) in [5, 5.41) is 3.21. The van der Waals surface area contributed by atoms with E-state index in [9.17, 15) is 8.42 Å². The molecule has 0 aliphatic carbocycles. The first kappa shape index (κ1) is 13.6. The molecule has 0 N–H and O–H groups in total. The molecule has 2 nitrogen and oxygen atoms in total. The second kappa shape index (κ2) is 5.54. The van der Waals surface area contributed by atoms with Gasteiger partial charge in [0, 0.05) is 5.41 Å². The summed E-state index contributed by atoms with van der Waals surface area (Å²) in [6, 6.07) is 22.3. The molecule has 0 bridgehead atoms. The van der Waals surface area contributed by atoms with Gasteiger partial charge >= 0.3 is 0 Å². The second-order valence-corrected chi connectivity index (χ2v) is 6.60. The van der Waals surface area contributed by atoms with E-state index in [0.29, 0.717) is 4.90 Å². The summed E-state index contributed by atoms with van der Waals surface area (Å²) in [6.45, 7) is 0. The summed E-state index contributed by atoms with van der Waals surface area (Å²) in [5.74, 6) is 0. The quantitative estimate of drug-likeness (QED) is 0.722. The molecule has 0 unspecified atom stereocenters. The van der Waals surface area contributed by atoms with Crippen molar-refractivity contribution in [1.82, 2.24) is 0 Å². The van der Waals surface area contributed by atoms with Crippen LogP contribution in [0.1, 0.15) is 5.56 Å². The van der Waals surface area contributed by atoms with Crippen LogP contribution in [0.2, 0.25) is 0 Å². The van der Waals surface area contributed by atoms with Gasteiger partial charge < -0.3 is 0 Å². The van der Waals surface area contributed by atoms with Gasteiger partial charge in [0.25, 0.3) is 0 Å². The van der Waals surface area contributed by atoms with Crippen molar-refractivity contribution in [2.24, 2.45) is 0 Å². The van der Waals surface area contributed by atoms with Crippen LogP contribution in [0.5, 0.6) is 0 Å². The zero-order valence-electron chi connectivity index (χ0n) is 11.3. The number of hydrogen-bond acceptors (Lipinski definition) is 2. The van der Waals surface area contributed by atoms with Crippen LogP contribution in [0.3, 0.4) is 0 Å². The van der Waals surface area contributed by atoms with E-state index in [-0.39, 0.29) is 0 Å². The first-order valence-corrected chi connectivity index (χ1v) is 8.17. The lowest BCUT2D eigenvalue weighted by atomic mass is 10.1. The molecule has 0 aliphatic rings. The highest BCUT2D eigenvalue weighted by Crippen LogP contribution is 2.21. The Morgan fingerprint density at radius 3 is 2.14 bits per heavy atom. The molecule has 3 aromatic carbocycles. The molecule has 0 spiro atoms. The van der Waals surface area contributed by atoms with E-state index in [2.05, 4.69) is 0 Å². The van der Waals surface area contributed by atoms with Gasteiger partial charge in [0.05, 0.1) is 4.90 Å². The van der Waals surface area contributed by atoms with Gasteiger partial charge in [0.1, 0.15) is 0 Å². The summed E-state index contributed by atoms with van der Waals surface area (Å²) in [4.78, 5) is 0.313. The minimum absolute atomic E-state index is 0.313. The lowest BCUT2D eigenvalue weighted by Gasteiger charge is -2.02. The van der Waals surface area contributed by atoms with Gasteiger partial charge in [-0.2, -0.15) is 0 Å². The molecule has 0 heterocycles. The van der Waals surface area contributed by atoms with E-state index in [1.54, 1.807) is 18.2 Å². The molecule has 0 saturated heterocycles. The van der Waals surface area contributed by atoms with Crippen molar-refractivity contribution >= 4 is 26.7 Å². The topological polar surface area (TPSA) is 34.1 Å². The van der Waals surface area contributed by atoms with Gasteiger partial charge in [0.15, 0.2) is 9.84 Å². The third kappa shape index (κ3) is 3.03. The van der Waals surface area contributed by atoms with Crippen LogP contribution in [0.15, 0.2) is 83.1 Å². The highest BCUT2D eigenvalue weighted by molar-refractivity contribution is 7.94. The molecule has 3 heteroatoms. The van der Waals surface area contributed by atoms with Crippen LogP contribution in [0.25, 0.3) is 16.8 Å². The van der Waals surface area contributed by atoms with Crippen LogP contribution in [0.4, 0.5) is 0 Å². The molecule has 0 aromatic heterocycles. The SMILES string of the molecule is O=S(=O)(C=Cc1ccccc1)c1ccc2ccccc2c1. The Labute approximate surface area is 124 Å². The fraction of sp³-hybridized carbons (Fsp3) is 0. The Balaban J connectivity index is 1.98. The first-order chi connectivity index (χ1) is 10.1. The minimum atomic E-state index is -3.43. The second-order valence-electron chi connectivity index (χ2n) is 4.77. The van der Waals surface area contributed by atoms with Crippen LogP contribution < -0.4 is 0 Å². The van der Waals surface area contributed by atoms with Gasteiger partial charge in [-0.1, -0.05) is 60.7 Å². The van der Waals surface area contributed by atoms with Gasteiger partial charge in [-0.15, -0.1) is 0 Å². The zero-order valence-corrected chi connectivity index (χ0v) is 12.1. The molecule has 0 atom stereocenters. The van der Waals surface area contributed by atoms with Crippen LogP contribution in [-0.4, -0.2) is 8.42 Å². The van der Waals surface area contributed by atoms with E-state index in [1.165, 1.54) is 5.41 Å². The third-order valence-corrected chi connectivity index (χ3v) is 4.69. The number of benzene rings is 3. The van der Waals surface area contributed by atoms with E-state index < -0.39 is 9.84 Å². The lowest BCUT2D eigenvalue weighted by molar-refractivity contribution is 0.605. The maximum Gasteiger partial charge on any atom is 0.199 e. The Morgan fingerprint density at radius 2 is 1.38 bits per heavy atom. The Bertz CT molecular complexity index is 895. The fourth-order valence-electron chi connectivity index (χ4n) is 2.16. The molecule has 0 radical (unpaired) electrons. The molecule has 3 aromatic rings. The van der Waals surface area contributed by atoms with Crippen LogP contribution in [0, 0.1) is 0 Å². The normalized spacial score (nSPS) is 12.0. The fourth-order valence-corrected chi connectivity index (χ4v) is 3.20. The smallest absolute Gasteiger partial charge is 0.199 e. The highest BCUT2D eigenvalue weighted by Gasteiger charge is 2.10. The Morgan fingerprint density at radius 1 is 0.714 bits per heavy atom. The summed E-state index contributed by atoms with van der Waals surface area (Å²) in [6.07, 6.45) is 1.62. The van der Waals surface area contributed by atoms with Crippen molar-refractivity contribution in [3.05, 3.63) is 83.8 Å². The van der Waals surface area contributed by atoms with E-state index >= 15 is 0 Å². The van der Waals surface area contributed by atoms with Crippen molar-refractivity contribution in [2.45, 2.75) is 4.90 Å². The molecule has 0 aliphatic heterocycles. The van der Waals surface area contributed by atoms with Crippen molar-refractivity contribution in [1.29, 1.82) is 0 Å². The standard InChI is InChI=1S/C18H14O2S/c19-21(20,13-12-15-6-2-1-3-7-15)18-11-10-16-8-4-5-9-17(16)14-18/h1-14H. The minimum Gasteiger partial charge on any atom is -0.219 e. The number of hydrogen-bond donors (Lipinski definition) is 0. The average molecular weight is 294 g/mol. The molecular formula is C18H14O2S. The molecule has 3 rings (SSSR count). The largest absolute Gasteiger partial charge is 0.219 e. The van der Waals surface area contributed by atoms with Gasteiger partial charge in [-0.3, -0.25) is 0 Å². The van der Waals surface area contributed by atoms with Gasteiger partial charge in [-0.05, 0) is 34.5 Å². The monoisotopic (exact) mass is 294 g/mol. The van der Waals surface area contributed by atoms with Crippen LogP contribution >= 0.6 is 0 Å². The Kier molecular flexibility index (Phi) is 3.59. The lowest BCUT2D eigenvalue weighted by Crippen LogP contribution is -1.95. The van der Waals surface area contributed by atoms with Gasteiger partial charge in [-0.25, -0.2) is 8.42 Å². The number of fused-ring (bicyclic) bond motifs is 1. The summed E-state index contributed by atoms with van der Waals surface area (Å²) < 4.78 is 24.7. The van der Waals surface area contributed by atoms with Crippen molar-refractivity contribution in [3.63, 3.8) is 0 Å². The zero-order chi connectivity index (χ0) is 14.7. The highest BCUT2D eigenvalue weighted by atomic mass is 32.2. The first-order valence-electron chi connectivity index (χ1n) is 6.62. The summed E-state index contributed by atoms with van der Waals surface area (Å²) in [7, 11) is -3.43. The summed E-state index contributed by atoms with van der Waals surface area (Å²) >= 11 is 0. The maximum absolute atomic E-state index is 12.4. The van der Waals surface area contributed by atoms with Crippen molar-refractivity contribution in [3.8, 4) is 0 Å². The predicted molar refractivity (Wildman–Crippen MR) is 86.6 cm³/mol. The van der Waals surface area contributed by atoms with E-state index in [4.69, 9.17) is 0 Å². The van der Waals surface area contributed by atoms with Crippen molar-refractivity contribution < 1.29 is 8.42 Å². The molecule has 0 fully saturated rings. The van der Waals surface area contributed by atoms with E-state index in [1.807, 2.05) is 60.7 Å². The molecular weight excluding hydrogens is 280 g/mol. The van der Waals surface area contributed by atoms with Crippen molar-refractivity contribution in [2.75, 3.05) is 0 Å². The predicted octanol–water partition coefficient (Wildman–Crippen LogP) is 4.28. The number of sulfone groups is 1. The van der Waals surface area contributed by atoms with Gasteiger partial charge in [0.2, 0.25) is 0 Å². The number of rotatable bonds is 3. The van der Waals surface area contributed by atoms with Crippen LogP contribution in [-0.2, 0) is 9.84 Å². The molecule has 104 valence electrons. The maximum atomic E-state index is 12.4. The molecule has 0 amide bonds. The van der Waals surface area contributed by atoms with E-state index in [0.717, 1.165) is 16.3 Å².